The van der Waals surface area contributed by atoms with Crippen molar-refractivity contribution in [2.45, 2.75) is 36.8 Å². The molecule has 358 valence electrons. The van der Waals surface area contributed by atoms with Crippen molar-refractivity contribution in [1.82, 2.24) is 10.6 Å². The van der Waals surface area contributed by atoms with E-state index in [0.717, 1.165) is 61.2 Å². The molecule has 11 nitrogen and oxygen atoms in total. The molecule has 11 heteroatoms. The lowest BCUT2D eigenvalue weighted by atomic mass is 9.98. The van der Waals surface area contributed by atoms with E-state index in [1.807, 2.05) is 146 Å². The molecule has 0 radical (unpaired) electrons. The number of hydrogen-bond acceptors (Lipinski definition) is 7. The van der Waals surface area contributed by atoms with E-state index in [2.05, 4.69) is 22.8 Å². The predicted octanol–water partition coefficient (Wildman–Crippen LogP) is 11.3. The molecule has 2 atom stereocenters. The van der Waals surface area contributed by atoms with Crippen molar-refractivity contribution >= 4 is 29.9 Å². The van der Waals surface area contributed by atoms with Gasteiger partial charge in [-0.15, -0.1) is 0 Å². The Hall–Kier alpha value is -9.09. The Balaban J connectivity index is 0.000000178. The number of carboxylic acids is 2. The van der Waals surface area contributed by atoms with Crippen LogP contribution in [0.3, 0.4) is 0 Å². The largest absolute Gasteiger partial charge is 0.480 e. The Morgan fingerprint density at radius 1 is 0.389 bits per heavy atom. The van der Waals surface area contributed by atoms with Crippen LogP contribution in [0.5, 0.6) is 0 Å². The minimum Gasteiger partial charge on any atom is -0.480 e. The van der Waals surface area contributed by atoms with Crippen molar-refractivity contribution < 1.29 is 43.7 Å². The summed E-state index contributed by atoms with van der Waals surface area (Å²) in [4.78, 5) is 61.5. The van der Waals surface area contributed by atoms with E-state index in [9.17, 15) is 34.2 Å². The van der Waals surface area contributed by atoms with Gasteiger partial charge in [0.15, 0.2) is 5.78 Å². The van der Waals surface area contributed by atoms with Crippen molar-refractivity contribution in [2.75, 3.05) is 13.2 Å². The monoisotopic (exact) mass is 954 g/mol. The highest BCUT2D eigenvalue weighted by atomic mass is 16.6. The summed E-state index contributed by atoms with van der Waals surface area (Å²) in [6.45, 7) is 0.237. The van der Waals surface area contributed by atoms with Gasteiger partial charge in [-0.05, 0) is 66.8 Å². The number of hydrogen-bond donors (Lipinski definition) is 4. The predicted molar refractivity (Wildman–Crippen MR) is 275 cm³/mol. The van der Waals surface area contributed by atoms with Crippen LogP contribution in [0, 0.1) is 0 Å². The van der Waals surface area contributed by atoms with Crippen LogP contribution in [0.25, 0.3) is 33.4 Å². The van der Waals surface area contributed by atoms with Gasteiger partial charge in [-0.25, -0.2) is 19.2 Å². The normalized spacial score (nSPS) is 12.8. The molecule has 10 rings (SSSR count). The summed E-state index contributed by atoms with van der Waals surface area (Å²) >= 11 is 0. The number of fused-ring (bicyclic) bond motifs is 6. The molecule has 8 aromatic carbocycles. The highest BCUT2D eigenvalue weighted by molar-refractivity contribution is 6.09. The Morgan fingerprint density at radius 3 is 1.10 bits per heavy atom. The van der Waals surface area contributed by atoms with E-state index in [1.165, 1.54) is 0 Å². The van der Waals surface area contributed by atoms with Gasteiger partial charge < -0.3 is 30.3 Å². The molecule has 0 heterocycles. The molecular weight excluding hydrogens is 905 g/mol. The third kappa shape index (κ3) is 11.0. The highest BCUT2D eigenvalue weighted by Gasteiger charge is 2.32. The fraction of sp³-hybridized carbons (Fsp3) is 0.131. The van der Waals surface area contributed by atoms with E-state index in [4.69, 9.17) is 9.47 Å². The number of carbonyl (C=O) groups excluding carboxylic acids is 3. The maximum Gasteiger partial charge on any atom is 0.407 e. The number of carbonyl (C=O) groups is 5. The van der Waals surface area contributed by atoms with Gasteiger partial charge in [-0.2, -0.15) is 0 Å². The fourth-order valence-electron chi connectivity index (χ4n) is 9.45. The molecule has 2 aliphatic carbocycles. The number of nitrogens with one attached hydrogen (secondary N) is 2. The average Bonchev–Trinajstić information content (AvgIpc) is 3.92. The second-order valence-corrected chi connectivity index (χ2v) is 17.6. The van der Waals surface area contributed by atoms with Crippen LogP contribution in [0.2, 0.25) is 0 Å². The first-order chi connectivity index (χ1) is 35.1. The van der Waals surface area contributed by atoms with E-state index in [0.29, 0.717) is 16.7 Å². The first-order valence-corrected chi connectivity index (χ1v) is 23.6. The number of carboxylic acid groups (broad SMARTS) is 2. The van der Waals surface area contributed by atoms with Gasteiger partial charge in [0.1, 0.15) is 25.3 Å². The Morgan fingerprint density at radius 2 is 0.708 bits per heavy atom. The number of rotatable bonds is 15. The van der Waals surface area contributed by atoms with Crippen LogP contribution in [-0.4, -0.2) is 65.4 Å². The van der Waals surface area contributed by atoms with Crippen LogP contribution >= 0.6 is 0 Å². The average molecular weight is 955 g/mol. The fourth-order valence-corrected chi connectivity index (χ4v) is 9.45. The minimum atomic E-state index is -1.17. The van der Waals surface area contributed by atoms with Gasteiger partial charge in [0.2, 0.25) is 0 Å². The van der Waals surface area contributed by atoms with Gasteiger partial charge in [-0.3, -0.25) is 4.79 Å². The molecule has 1 unspecified atom stereocenters. The summed E-state index contributed by atoms with van der Waals surface area (Å²) < 4.78 is 11.0. The summed E-state index contributed by atoms with van der Waals surface area (Å²) in [5, 5.41) is 24.4. The van der Waals surface area contributed by atoms with Crippen molar-refractivity contribution in [2.24, 2.45) is 0 Å². The lowest BCUT2D eigenvalue weighted by Gasteiger charge is -2.17. The van der Waals surface area contributed by atoms with Crippen molar-refractivity contribution in [3.8, 4) is 33.4 Å². The standard InChI is InChI=1S/C31H25NO5.C30H25NO4/c33-29(21-8-2-1-3-9-21)22-16-14-20(15-17-22)18-28(30(34)35)32-31(36)37-19-27-25-12-6-4-10-23(25)24-11-5-7-13-26(24)27;32-29(33)28(18-20-14-16-22(17-15-20)21-8-2-1-3-9-21)31-30(34)35-19-27-25-12-6-4-10-23(25)24-11-5-7-13-26(24)27/h1-17,27-28H,18-19H2,(H,32,36)(H,34,35);1-17,27-28H,18-19H2,(H,31,34)(H,32,33)/t28-;/m1./s1. The maximum atomic E-state index is 12.6. The molecule has 0 saturated carbocycles. The number of ether oxygens (including phenoxy) is 2. The zero-order valence-corrected chi connectivity index (χ0v) is 39.0. The third-order valence-electron chi connectivity index (χ3n) is 13.1. The molecule has 0 aromatic heterocycles. The van der Waals surface area contributed by atoms with Crippen LogP contribution in [0.1, 0.15) is 61.1 Å². The van der Waals surface area contributed by atoms with Gasteiger partial charge in [-0.1, -0.05) is 206 Å². The highest BCUT2D eigenvalue weighted by Crippen LogP contribution is 2.45. The third-order valence-corrected chi connectivity index (χ3v) is 13.1. The first-order valence-electron chi connectivity index (χ1n) is 23.6. The molecule has 0 spiro atoms. The molecule has 0 aliphatic heterocycles. The Labute approximate surface area is 416 Å². The smallest absolute Gasteiger partial charge is 0.407 e. The number of ketones is 1. The number of aliphatic carboxylic acids is 2. The summed E-state index contributed by atoms with van der Waals surface area (Å²) in [7, 11) is 0. The van der Waals surface area contributed by atoms with Gasteiger partial charge in [0.05, 0.1) is 0 Å². The summed E-state index contributed by atoms with van der Waals surface area (Å²) in [5.41, 5.74) is 13.6. The molecule has 0 fully saturated rings. The minimum absolute atomic E-state index is 0.0549. The summed E-state index contributed by atoms with van der Waals surface area (Å²) in [6.07, 6.45) is -1.31. The van der Waals surface area contributed by atoms with Crippen LogP contribution < -0.4 is 10.6 Å². The number of amides is 2. The molecule has 4 N–H and O–H groups in total. The maximum absolute atomic E-state index is 12.6. The van der Waals surface area contributed by atoms with E-state index < -0.39 is 36.2 Å². The van der Waals surface area contributed by atoms with Crippen molar-refractivity contribution in [3.63, 3.8) is 0 Å². The summed E-state index contributed by atoms with van der Waals surface area (Å²) in [6, 6.07) is 63.2. The van der Waals surface area contributed by atoms with Crippen LogP contribution in [-0.2, 0) is 31.9 Å². The van der Waals surface area contributed by atoms with Crippen molar-refractivity contribution in [1.29, 1.82) is 0 Å². The second-order valence-electron chi connectivity index (χ2n) is 17.6. The molecule has 2 amide bonds. The second kappa shape index (κ2) is 22.1. The lowest BCUT2D eigenvalue weighted by Crippen LogP contribution is -2.42. The molecule has 72 heavy (non-hydrogen) atoms. The van der Waals surface area contributed by atoms with Gasteiger partial charge in [0.25, 0.3) is 0 Å². The summed E-state index contributed by atoms with van der Waals surface area (Å²) in [5.74, 6) is -2.58. The SMILES string of the molecule is O=C(NC(Cc1ccc(-c2ccccc2)cc1)C(=O)O)OCC1c2ccccc2-c2ccccc21.O=C(N[C@H](Cc1ccc(C(=O)c2ccccc2)cc1)C(=O)O)OCC1c2ccccc2-c2ccccc21. The Bertz CT molecular complexity index is 3140. The lowest BCUT2D eigenvalue weighted by molar-refractivity contribution is -0.140. The van der Waals surface area contributed by atoms with E-state index in [1.54, 1.807) is 48.5 Å². The molecule has 2 aliphatic rings. The topological polar surface area (TPSA) is 168 Å². The van der Waals surface area contributed by atoms with Crippen LogP contribution in [0.4, 0.5) is 9.59 Å². The number of benzene rings is 8. The van der Waals surface area contributed by atoms with Crippen molar-refractivity contribution in [3.05, 3.63) is 251 Å². The van der Waals surface area contributed by atoms with Gasteiger partial charge in [0, 0.05) is 35.8 Å². The first kappa shape index (κ1) is 48.0. The molecule has 8 aromatic rings. The zero-order chi connectivity index (χ0) is 50.0. The zero-order valence-electron chi connectivity index (χ0n) is 39.0. The molecule has 0 saturated heterocycles. The van der Waals surface area contributed by atoms with E-state index in [-0.39, 0.29) is 43.7 Å². The number of alkyl carbamates (subject to hydrolysis) is 2. The Kier molecular flexibility index (Phi) is 14.7. The molecular formula is C61H50N2O9. The quantitative estimate of drug-likeness (QED) is 0.0731. The molecule has 0 bridgehead atoms. The van der Waals surface area contributed by atoms with E-state index >= 15 is 0 Å². The van der Waals surface area contributed by atoms with Gasteiger partial charge >= 0.3 is 24.1 Å². The van der Waals surface area contributed by atoms with Crippen LogP contribution in [0.15, 0.2) is 206 Å².